The van der Waals surface area contributed by atoms with E-state index in [1.165, 1.54) is 6.20 Å². The van der Waals surface area contributed by atoms with Crippen LogP contribution < -0.4 is 16.8 Å². The maximum Gasteiger partial charge on any atom is 0.193 e. The molecule has 3 aromatic carbocycles. The minimum Gasteiger partial charge on any atom is -0.403 e. The number of hydrogen-bond acceptors (Lipinski definition) is 4. The first-order valence-electron chi connectivity index (χ1n) is 9.22. The van der Waals surface area contributed by atoms with E-state index in [4.69, 9.17) is 16.0 Å². The third-order valence-electron chi connectivity index (χ3n) is 4.54. The Kier molecular flexibility index (Phi) is 5.25. The van der Waals surface area contributed by atoms with Gasteiger partial charge in [0.2, 0.25) is 0 Å². The second kappa shape index (κ2) is 8.31. The first-order chi connectivity index (χ1) is 14.2. The topological polar surface area (TPSA) is 102 Å². The summed E-state index contributed by atoms with van der Waals surface area (Å²) >= 11 is 0. The van der Waals surface area contributed by atoms with Crippen molar-refractivity contribution < 1.29 is 4.52 Å². The molecule has 0 aliphatic rings. The molecule has 144 valence electrons. The van der Waals surface area contributed by atoms with Crippen molar-refractivity contribution in [2.45, 2.75) is 6.54 Å². The number of fused-ring (bicyclic) bond motifs is 1. The van der Waals surface area contributed by atoms with Crippen LogP contribution in [0.5, 0.6) is 0 Å². The molecule has 0 unspecified atom stereocenters. The maximum absolute atomic E-state index is 6.08. The third-order valence-corrected chi connectivity index (χ3v) is 4.54. The lowest BCUT2D eigenvalue weighted by atomic mass is 10.0. The van der Waals surface area contributed by atoms with Crippen molar-refractivity contribution in [2.75, 3.05) is 0 Å². The number of nitrogens with two attached hydrogens (primary N) is 2. The smallest absolute Gasteiger partial charge is 0.193 e. The normalized spacial score (nSPS) is 12.3. The molecular formula is C23H21N5O. The van der Waals surface area contributed by atoms with Crippen LogP contribution in [0.3, 0.4) is 0 Å². The number of nitrogens with zero attached hydrogens (tertiary/aromatic N) is 2. The Bertz CT molecular complexity index is 1170. The van der Waals surface area contributed by atoms with Gasteiger partial charge in [0, 0.05) is 23.4 Å². The van der Waals surface area contributed by atoms with Crippen LogP contribution >= 0.6 is 0 Å². The van der Waals surface area contributed by atoms with E-state index in [1.807, 2.05) is 66.7 Å². The van der Waals surface area contributed by atoms with Gasteiger partial charge in [-0.15, -0.1) is 0 Å². The Morgan fingerprint density at radius 1 is 1.00 bits per heavy atom. The molecule has 4 rings (SSSR count). The molecule has 0 amide bonds. The van der Waals surface area contributed by atoms with Crippen LogP contribution in [-0.2, 0) is 6.54 Å². The van der Waals surface area contributed by atoms with Crippen molar-refractivity contribution in [3.8, 4) is 11.3 Å². The summed E-state index contributed by atoms with van der Waals surface area (Å²) in [5, 5.41) is 9.35. The van der Waals surface area contributed by atoms with Crippen LogP contribution in [0, 0.1) is 0 Å². The van der Waals surface area contributed by atoms with Crippen LogP contribution in [0.1, 0.15) is 11.3 Å². The van der Waals surface area contributed by atoms with E-state index in [2.05, 4.69) is 27.6 Å². The van der Waals surface area contributed by atoms with Crippen molar-refractivity contribution in [3.63, 3.8) is 0 Å². The molecule has 0 aliphatic carbocycles. The summed E-state index contributed by atoms with van der Waals surface area (Å²) in [6.45, 7) is 0.294. The predicted molar refractivity (Wildman–Crippen MR) is 117 cm³/mol. The highest BCUT2D eigenvalue weighted by molar-refractivity contribution is 5.97. The molecule has 6 nitrogen and oxygen atoms in total. The summed E-state index contributed by atoms with van der Waals surface area (Å²) in [7, 11) is 0. The maximum atomic E-state index is 6.08. The molecule has 0 saturated heterocycles. The summed E-state index contributed by atoms with van der Waals surface area (Å²) < 4.78 is 5.39. The number of benzene rings is 3. The summed E-state index contributed by atoms with van der Waals surface area (Å²) in [5.41, 5.74) is 15.2. The third kappa shape index (κ3) is 4.11. The fourth-order valence-electron chi connectivity index (χ4n) is 3.13. The molecule has 0 bridgehead atoms. The van der Waals surface area contributed by atoms with Gasteiger partial charge in [0.1, 0.15) is 5.69 Å². The fourth-order valence-corrected chi connectivity index (χ4v) is 3.13. The molecule has 0 atom stereocenters. The standard InChI is InChI=1S/C23H21N5O/c24-14-21(20-12-6-10-16-7-4-5-11-19(16)20)27-23(25)26-15-18-13-22(29-28-18)17-8-2-1-3-9-17/h1-14H,15,24H2,(H3,25,26,27)/b21-14-. The quantitative estimate of drug-likeness (QED) is 0.359. The van der Waals surface area contributed by atoms with Crippen LogP contribution in [0.2, 0.25) is 0 Å². The van der Waals surface area contributed by atoms with Crippen molar-refractivity contribution in [2.24, 2.45) is 16.5 Å². The molecule has 0 saturated carbocycles. The molecule has 5 N–H and O–H groups in total. The molecule has 1 aromatic heterocycles. The highest BCUT2D eigenvalue weighted by Gasteiger charge is 2.08. The SMILES string of the molecule is N/C=C(\NC(N)=NCc1cc(-c2ccccc2)on1)c1cccc2ccccc12. The molecule has 0 aliphatic heterocycles. The van der Waals surface area contributed by atoms with Gasteiger partial charge in [-0.2, -0.15) is 0 Å². The molecule has 0 fully saturated rings. The van der Waals surface area contributed by atoms with E-state index in [1.54, 1.807) is 0 Å². The average Bonchev–Trinajstić information content (AvgIpc) is 3.25. The largest absolute Gasteiger partial charge is 0.403 e. The van der Waals surface area contributed by atoms with E-state index in [0.29, 0.717) is 23.7 Å². The average molecular weight is 383 g/mol. The zero-order chi connectivity index (χ0) is 20.1. The highest BCUT2D eigenvalue weighted by Crippen LogP contribution is 2.23. The molecule has 0 spiro atoms. The van der Waals surface area contributed by atoms with E-state index >= 15 is 0 Å². The second-order valence-electron chi connectivity index (χ2n) is 6.48. The molecular weight excluding hydrogens is 362 g/mol. The van der Waals surface area contributed by atoms with Crippen LogP contribution in [0.25, 0.3) is 27.8 Å². The molecule has 0 radical (unpaired) electrons. The first kappa shape index (κ1) is 18.3. The van der Waals surface area contributed by atoms with Gasteiger partial charge in [-0.3, -0.25) is 0 Å². The minimum absolute atomic E-state index is 0.249. The Hall–Kier alpha value is -4.06. The van der Waals surface area contributed by atoms with E-state index in [0.717, 1.165) is 21.9 Å². The first-order valence-corrected chi connectivity index (χ1v) is 9.22. The van der Waals surface area contributed by atoms with Crippen LogP contribution in [-0.4, -0.2) is 11.1 Å². The summed E-state index contributed by atoms with van der Waals surface area (Å²) in [6.07, 6.45) is 1.49. The van der Waals surface area contributed by atoms with Crippen LogP contribution in [0.4, 0.5) is 0 Å². The second-order valence-corrected chi connectivity index (χ2v) is 6.48. The summed E-state index contributed by atoms with van der Waals surface area (Å²) in [6, 6.07) is 25.8. The summed E-state index contributed by atoms with van der Waals surface area (Å²) in [4.78, 5) is 4.36. The lowest BCUT2D eigenvalue weighted by molar-refractivity contribution is 0.424. The Morgan fingerprint density at radius 2 is 1.76 bits per heavy atom. The zero-order valence-electron chi connectivity index (χ0n) is 15.7. The minimum atomic E-state index is 0.249. The zero-order valence-corrected chi connectivity index (χ0v) is 15.7. The molecule has 6 heteroatoms. The van der Waals surface area contributed by atoms with Gasteiger partial charge in [-0.25, -0.2) is 4.99 Å². The van der Waals surface area contributed by atoms with Gasteiger partial charge in [0.15, 0.2) is 11.7 Å². The van der Waals surface area contributed by atoms with Crippen molar-refractivity contribution in [3.05, 3.63) is 96.3 Å². The number of guanidine groups is 1. The molecule has 4 aromatic rings. The predicted octanol–water partition coefficient (Wildman–Crippen LogP) is 3.86. The van der Waals surface area contributed by atoms with Gasteiger partial charge in [-0.05, 0) is 10.8 Å². The van der Waals surface area contributed by atoms with Crippen LogP contribution in [0.15, 0.2) is 94.6 Å². The van der Waals surface area contributed by atoms with Gasteiger partial charge in [-0.1, -0.05) is 78.0 Å². The van der Waals surface area contributed by atoms with Crippen molar-refractivity contribution >= 4 is 22.4 Å². The Labute approximate surface area is 168 Å². The van der Waals surface area contributed by atoms with E-state index in [9.17, 15) is 0 Å². The Morgan fingerprint density at radius 3 is 2.59 bits per heavy atom. The number of aromatic nitrogens is 1. The monoisotopic (exact) mass is 383 g/mol. The highest BCUT2D eigenvalue weighted by atomic mass is 16.5. The van der Waals surface area contributed by atoms with Gasteiger partial charge in [0.25, 0.3) is 0 Å². The lowest BCUT2D eigenvalue weighted by Crippen LogP contribution is -2.31. The molecule has 1 heterocycles. The fraction of sp³-hybridized carbons (Fsp3) is 0.0435. The number of aliphatic imine (C=N–C) groups is 1. The van der Waals surface area contributed by atoms with Gasteiger partial charge >= 0.3 is 0 Å². The van der Waals surface area contributed by atoms with Crippen molar-refractivity contribution in [1.82, 2.24) is 10.5 Å². The number of rotatable bonds is 5. The summed E-state index contributed by atoms with van der Waals surface area (Å²) in [5.74, 6) is 0.944. The van der Waals surface area contributed by atoms with Crippen molar-refractivity contribution in [1.29, 1.82) is 0 Å². The van der Waals surface area contributed by atoms with E-state index < -0.39 is 0 Å². The lowest BCUT2D eigenvalue weighted by Gasteiger charge is -2.12. The van der Waals surface area contributed by atoms with E-state index in [-0.39, 0.29) is 5.96 Å². The van der Waals surface area contributed by atoms with Gasteiger partial charge in [0.05, 0.1) is 12.2 Å². The van der Waals surface area contributed by atoms with Gasteiger partial charge < -0.3 is 21.3 Å². The molecule has 29 heavy (non-hydrogen) atoms. The number of nitrogens with one attached hydrogen (secondary N) is 1. The number of hydrogen-bond donors (Lipinski definition) is 3. The Balaban J connectivity index is 1.49.